The number of hydrogen-bond donors (Lipinski definition) is 0. The van der Waals surface area contributed by atoms with Crippen LogP contribution in [-0.4, -0.2) is 12.6 Å². The molecule has 5 heteroatoms. The maximum atomic E-state index is 12.0. The van der Waals surface area contributed by atoms with Crippen LogP contribution in [0.3, 0.4) is 0 Å². The molecular weight excluding hydrogens is 392 g/mol. The number of carbonyl (C=O) groups is 1. The molecule has 0 saturated heterocycles. The van der Waals surface area contributed by atoms with E-state index in [1.165, 1.54) is 0 Å². The number of esters is 1. The molecule has 0 aliphatic carbocycles. The minimum atomic E-state index is -0.459. The van der Waals surface area contributed by atoms with Crippen molar-refractivity contribution in [3.8, 4) is 11.5 Å². The average molecular weight is 412 g/mol. The maximum Gasteiger partial charge on any atom is 0.349 e. The Hall–Kier alpha value is -1.52. The number of benzene rings is 2. The van der Waals surface area contributed by atoms with Gasteiger partial charge in [0, 0.05) is 15.1 Å². The predicted molar refractivity (Wildman–Crippen MR) is 100 cm³/mol. The van der Waals surface area contributed by atoms with Crippen molar-refractivity contribution in [2.24, 2.45) is 0 Å². The molecule has 0 unspecified atom stereocenters. The van der Waals surface area contributed by atoms with E-state index in [9.17, 15) is 4.79 Å². The van der Waals surface area contributed by atoms with Crippen LogP contribution in [0, 0.1) is 6.92 Å². The topological polar surface area (TPSA) is 35.5 Å². The number of aryl methyl sites for hydroxylation is 1. The summed E-state index contributed by atoms with van der Waals surface area (Å²) in [5, 5.41) is 0.635. The van der Waals surface area contributed by atoms with Crippen LogP contribution in [-0.2, 0) is 10.2 Å². The van der Waals surface area contributed by atoms with Gasteiger partial charge in [-0.2, -0.15) is 0 Å². The summed E-state index contributed by atoms with van der Waals surface area (Å²) in [6.45, 7) is 7.98. The van der Waals surface area contributed by atoms with Crippen LogP contribution in [0.1, 0.15) is 31.9 Å². The third-order valence-corrected chi connectivity index (χ3v) is 4.37. The molecule has 2 aromatic carbocycles. The van der Waals surface area contributed by atoms with Gasteiger partial charge in [0.2, 0.25) is 0 Å². The number of carbonyl (C=O) groups excluding carboxylic acids is 1. The molecule has 0 aliphatic heterocycles. The van der Waals surface area contributed by atoms with E-state index in [-0.39, 0.29) is 12.0 Å². The van der Waals surface area contributed by atoms with Crippen molar-refractivity contribution >= 4 is 33.5 Å². The van der Waals surface area contributed by atoms with Gasteiger partial charge in [-0.15, -0.1) is 0 Å². The largest absolute Gasteiger partial charge is 0.482 e. The molecule has 0 bridgehead atoms. The zero-order chi connectivity index (χ0) is 17.9. The summed E-state index contributed by atoms with van der Waals surface area (Å²) in [5.74, 6) is 0.673. The normalized spacial score (nSPS) is 11.2. The summed E-state index contributed by atoms with van der Waals surface area (Å²) in [6, 6.07) is 10.8. The highest BCUT2D eigenvalue weighted by molar-refractivity contribution is 9.10. The van der Waals surface area contributed by atoms with Crippen LogP contribution in [0.4, 0.5) is 0 Å². The van der Waals surface area contributed by atoms with E-state index in [1.54, 1.807) is 18.2 Å². The molecule has 0 aromatic heterocycles. The predicted octanol–water partition coefficient (Wildman–Crippen LogP) is 5.69. The lowest BCUT2D eigenvalue weighted by Gasteiger charge is -2.23. The zero-order valence-electron chi connectivity index (χ0n) is 14.2. The van der Waals surface area contributed by atoms with Gasteiger partial charge in [-0.25, -0.2) is 4.79 Å². The molecule has 0 spiro atoms. The Balaban J connectivity index is 2.05. The van der Waals surface area contributed by atoms with Gasteiger partial charge in [0.05, 0.1) is 0 Å². The summed E-state index contributed by atoms with van der Waals surface area (Å²) in [5.41, 5.74) is 1.77. The summed E-state index contributed by atoms with van der Waals surface area (Å²) < 4.78 is 11.9. The fourth-order valence-electron chi connectivity index (χ4n) is 2.19. The molecule has 0 radical (unpaired) electrons. The Bertz CT molecular complexity index is 751. The molecule has 0 heterocycles. The smallest absolute Gasteiger partial charge is 0.349 e. The van der Waals surface area contributed by atoms with Crippen LogP contribution in [0.15, 0.2) is 40.9 Å². The van der Waals surface area contributed by atoms with Crippen LogP contribution in [0.5, 0.6) is 11.5 Å². The van der Waals surface area contributed by atoms with Gasteiger partial charge in [0.15, 0.2) is 6.61 Å². The summed E-state index contributed by atoms with van der Waals surface area (Å²) in [7, 11) is 0. The van der Waals surface area contributed by atoms with Crippen LogP contribution in [0.2, 0.25) is 5.02 Å². The van der Waals surface area contributed by atoms with Crippen molar-refractivity contribution in [2.45, 2.75) is 33.1 Å². The monoisotopic (exact) mass is 410 g/mol. The maximum absolute atomic E-state index is 12.0. The van der Waals surface area contributed by atoms with Gasteiger partial charge in [-0.1, -0.05) is 48.3 Å². The first kappa shape index (κ1) is 18.8. The fourth-order valence-corrected chi connectivity index (χ4v) is 2.67. The first-order valence-electron chi connectivity index (χ1n) is 7.56. The van der Waals surface area contributed by atoms with Crippen molar-refractivity contribution in [1.29, 1.82) is 0 Å². The molecule has 2 aromatic rings. The van der Waals surface area contributed by atoms with E-state index in [1.807, 2.05) is 25.1 Å². The van der Waals surface area contributed by atoms with Crippen molar-refractivity contribution < 1.29 is 14.3 Å². The third kappa shape index (κ3) is 4.99. The van der Waals surface area contributed by atoms with Gasteiger partial charge in [0.1, 0.15) is 11.5 Å². The van der Waals surface area contributed by atoms with E-state index >= 15 is 0 Å². The molecule has 24 heavy (non-hydrogen) atoms. The minimum Gasteiger partial charge on any atom is -0.482 e. The molecular formula is C19H20BrClO3. The highest BCUT2D eigenvalue weighted by atomic mass is 79.9. The number of ether oxygens (including phenoxy) is 2. The Labute approximate surface area is 156 Å². The van der Waals surface area contributed by atoms with Crippen molar-refractivity contribution in [3.05, 3.63) is 57.0 Å². The highest BCUT2D eigenvalue weighted by Gasteiger charge is 2.20. The van der Waals surface area contributed by atoms with Crippen molar-refractivity contribution in [2.75, 3.05) is 6.61 Å². The van der Waals surface area contributed by atoms with Crippen LogP contribution >= 0.6 is 27.5 Å². The standard InChI is InChI=1S/C19H20BrClO3/c1-12-9-14(6-7-16(12)21)24-18(22)11-23-17-8-5-13(20)10-15(17)19(2,3)4/h5-10H,11H2,1-4H3. The second-order valence-electron chi connectivity index (χ2n) is 6.56. The lowest BCUT2D eigenvalue weighted by Crippen LogP contribution is -2.20. The molecule has 0 fully saturated rings. The van der Waals surface area contributed by atoms with Crippen molar-refractivity contribution in [1.82, 2.24) is 0 Å². The van der Waals surface area contributed by atoms with Gasteiger partial charge < -0.3 is 9.47 Å². The first-order valence-corrected chi connectivity index (χ1v) is 8.73. The van der Waals surface area contributed by atoms with Crippen LogP contribution in [0.25, 0.3) is 0 Å². The molecule has 128 valence electrons. The summed E-state index contributed by atoms with van der Waals surface area (Å²) in [6.07, 6.45) is 0. The summed E-state index contributed by atoms with van der Waals surface area (Å²) >= 11 is 9.43. The molecule has 2 rings (SSSR count). The molecule has 3 nitrogen and oxygen atoms in total. The van der Waals surface area contributed by atoms with Gasteiger partial charge >= 0.3 is 5.97 Å². The van der Waals surface area contributed by atoms with Crippen LogP contribution < -0.4 is 9.47 Å². The Morgan fingerprint density at radius 2 is 1.88 bits per heavy atom. The lowest BCUT2D eigenvalue weighted by atomic mass is 9.86. The second kappa shape index (κ2) is 7.58. The molecule has 0 saturated carbocycles. The number of hydrogen-bond acceptors (Lipinski definition) is 3. The van der Waals surface area contributed by atoms with Gasteiger partial charge in [0.25, 0.3) is 0 Å². The lowest BCUT2D eigenvalue weighted by molar-refractivity contribution is -0.136. The van der Waals surface area contributed by atoms with E-state index in [0.717, 1.165) is 15.6 Å². The van der Waals surface area contributed by atoms with E-state index < -0.39 is 5.97 Å². The van der Waals surface area contributed by atoms with E-state index in [2.05, 4.69) is 36.7 Å². The number of halogens is 2. The van der Waals surface area contributed by atoms with Gasteiger partial charge in [-0.05, 0) is 54.3 Å². The molecule has 0 N–H and O–H groups in total. The molecule has 0 amide bonds. The molecule has 0 atom stereocenters. The van der Waals surface area contributed by atoms with Gasteiger partial charge in [-0.3, -0.25) is 0 Å². The third-order valence-electron chi connectivity index (χ3n) is 3.46. The quantitative estimate of drug-likeness (QED) is 0.479. The van der Waals surface area contributed by atoms with Crippen molar-refractivity contribution in [3.63, 3.8) is 0 Å². The fraction of sp³-hybridized carbons (Fsp3) is 0.316. The second-order valence-corrected chi connectivity index (χ2v) is 7.89. The zero-order valence-corrected chi connectivity index (χ0v) is 16.5. The van der Waals surface area contributed by atoms with E-state index in [0.29, 0.717) is 16.5 Å². The van der Waals surface area contributed by atoms with E-state index in [4.69, 9.17) is 21.1 Å². The SMILES string of the molecule is Cc1cc(OC(=O)COc2ccc(Br)cc2C(C)(C)C)ccc1Cl. The molecule has 0 aliphatic rings. The minimum absolute atomic E-state index is 0.101. The Kier molecular flexibility index (Phi) is 5.94. The summed E-state index contributed by atoms with van der Waals surface area (Å²) in [4.78, 5) is 12.0. The highest BCUT2D eigenvalue weighted by Crippen LogP contribution is 2.33. The Morgan fingerprint density at radius 1 is 1.17 bits per heavy atom. The number of rotatable bonds is 4. The first-order chi connectivity index (χ1) is 11.2. The average Bonchev–Trinajstić information content (AvgIpc) is 2.49. The Morgan fingerprint density at radius 3 is 2.50 bits per heavy atom.